The lowest BCUT2D eigenvalue weighted by atomic mass is 9.95. The first kappa shape index (κ1) is 12.0. The zero-order chi connectivity index (χ0) is 13.4. The summed E-state index contributed by atoms with van der Waals surface area (Å²) in [7, 11) is 0. The molecule has 1 saturated heterocycles. The Morgan fingerprint density at radius 1 is 1.53 bits per heavy atom. The van der Waals surface area contributed by atoms with Gasteiger partial charge in [0.25, 0.3) is 0 Å². The molecular weight excluding hydrogens is 242 g/mol. The number of carbonyl (C=O) groups is 1. The second kappa shape index (κ2) is 4.54. The van der Waals surface area contributed by atoms with Gasteiger partial charge >= 0.3 is 5.97 Å². The molecule has 1 aromatic rings. The number of hydrogen-bond acceptors (Lipinski definition) is 4. The fraction of sp³-hybridized carbons (Fsp3) is 0.500. The van der Waals surface area contributed by atoms with Crippen molar-refractivity contribution in [3.63, 3.8) is 0 Å². The van der Waals surface area contributed by atoms with E-state index in [1.807, 2.05) is 11.0 Å². The smallest absolute Gasteiger partial charge is 0.303 e. The Morgan fingerprint density at radius 2 is 2.32 bits per heavy atom. The minimum Gasteiger partial charge on any atom is -0.481 e. The van der Waals surface area contributed by atoms with E-state index in [-0.39, 0.29) is 12.3 Å². The Kier molecular flexibility index (Phi) is 2.86. The normalized spacial score (nSPS) is 17.7. The monoisotopic (exact) mass is 257 g/mol. The van der Waals surface area contributed by atoms with Crippen molar-refractivity contribution in [1.29, 1.82) is 5.26 Å². The molecule has 2 heterocycles. The van der Waals surface area contributed by atoms with E-state index in [4.69, 9.17) is 5.11 Å². The van der Waals surface area contributed by atoms with E-state index >= 15 is 0 Å². The highest BCUT2D eigenvalue weighted by Gasteiger charge is 2.31. The lowest BCUT2D eigenvalue weighted by molar-refractivity contribution is -0.138. The summed E-state index contributed by atoms with van der Waals surface area (Å²) in [6, 6.07) is 4.16. The number of aromatic nitrogens is 1. The SMILES string of the molecule is N#Cc1cc2c(nc1N1CC(CC(=O)O)C1)CCC2. The van der Waals surface area contributed by atoms with E-state index in [0.29, 0.717) is 18.7 Å². The van der Waals surface area contributed by atoms with E-state index in [9.17, 15) is 10.1 Å². The molecule has 0 saturated carbocycles. The average molecular weight is 257 g/mol. The van der Waals surface area contributed by atoms with Gasteiger partial charge in [-0.25, -0.2) is 4.98 Å². The quantitative estimate of drug-likeness (QED) is 0.884. The predicted molar refractivity (Wildman–Crippen MR) is 68.9 cm³/mol. The van der Waals surface area contributed by atoms with Gasteiger partial charge in [0.1, 0.15) is 11.9 Å². The first-order chi connectivity index (χ1) is 9.17. The molecule has 1 N–H and O–H groups in total. The van der Waals surface area contributed by atoms with E-state index in [2.05, 4.69) is 11.1 Å². The molecule has 0 atom stereocenters. The van der Waals surface area contributed by atoms with Crippen molar-refractivity contribution in [3.8, 4) is 6.07 Å². The first-order valence-corrected chi connectivity index (χ1v) is 6.57. The first-order valence-electron chi connectivity index (χ1n) is 6.57. The van der Waals surface area contributed by atoms with E-state index < -0.39 is 5.97 Å². The standard InChI is InChI=1S/C14H15N3O2/c15-6-11-5-10-2-1-3-12(10)16-14(11)17-7-9(8-17)4-13(18)19/h5,9H,1-4,7-8H2,(H,18,19). The number of hydrogen-bond donors (Lipinski definition) is 1. The van der Waals surface area contributed by atoms with Crippen molar-refractivity contribution in [3.05, 3.63) is 22.9 Å². The molecular formula is C14H15N3O2. The minimum absolute atomic E-state index is 0.180. The highest BCUT2D eigenvalue weighted by molar-refractivity contribution is 5.68. The van der Waals surface area contributed by atoms with Crippen LogP contribution in [0, 0.1) is 17.2 Å². The number of aryl methyl sites for hydroxylation is 2. The van der Waals surface area contributed by atoms with Crippen LogP contribution >= 0.6 is 0 Å². The van der Waals surface area contributed by atoms with Crippen LogP contribution in [0.4, 0.5) is 5.82 Å². The van der Waals surface area contributed by atoms with Gasteiger partial charge in [0.05, 0.1) is 12.0 Å². The summed E-state index contributed by atoms with van der Waals surface area (Å²) in [5, 5.41) is 18.0. The van der Waals surface area contributed by atoms with E-state index in [0.717, 1.165) is 30.8 Å². The fourth-order valence-corrected chi connectivity index (χ4v) is 2.90. The molecule has 1 fully saturated rings. The Labute approximate surface area is 111 Å². The highest BCUT2D eigenvalue weighted by atomic mass is 16.4. The average Bonchev–Trinajstić information content (AvgIpc) is 2.78. The van der Waals surface area contributed by atoms with Gasteiger partial charge < -0.3 is 10.0 Å². The number of fused-ring (bicyclic) bond motifs is 1. The van der Waals surface area contributed by atoms with Gasteiger partial charge in [0, 0.05) is 24.7 Å². The van der Waals surface area contributed by atoms with Crippen molar-refractivity contribution >= 4 is 11.8 Å². The van der Waals surface area contributed by atoms with Crippen molar-refractivity contribution in [1.82, 2.24) is 4.98 Å². The van der Waals surface area contributed by atoms with Gasteiger partial charge in [-0.1, -0.05) is 0 Å². The summed E-state index contributed by atoms with van der Waals surface area (Å²) in [6.45, 7) is 1.37. The second-order valence-corrected chi connectivity index (χ2v) is 5.30. The molecule has 0 bridgehead atoms. The van der Waals surface area contributed by atoms with Crippen LogP contribution in [0.25, 0.3) is 0 Å². The molecule has 2 aliphatic rings. The number of nitriles is 1. The number of aliphatic carboxylic acids is 1. The number of carboxylic acid groups (broad SMARTS) is 1. The zero-order valence-electron chi connectivity index (χ0n) is 10.6. The molecule has 0 aromatic carbocycles. The summed E-state index contributed by atoms with van der Waals surface area (Å²) >= 11 is 0. The third-order valence-corrected chi connectivity index (χ3v) is 3.87. The van der Waals surface area contributed by atoms with E-state index in [1.165, 1.54) is 5.56 Å². The Morgan fingerprint density at radius 3 is 3.00 bits per heavy atom. The summed E-state index contributed by atoms with van der Waals surface area (Å²) in [5.41, 5.74) is 2.92. The molecule has 0 radical (unpaired) electrons. The highest BCUT2D eigenvalue weighted by Crippen LogP contribution is 2.31. The summed E-state index contributed by atoms with van der Waals surface area (Å²) in [5.74, 6) is 0.163. The molecule has 3 rings (SSSR count). The number of rotatable bonds is 3. The Hall–Kier alpha value is -2.09. The lowest BCUT2D eigenvalue weighted by Gasteiger charge is -2.40. The zero-order valence-corrected chi connectivity index (χ0v) is 10.6. The molecule has 98 valence electrons. The molecule has 0 spiro atoms. The third kappa shape index (κ3) is 2.14. The molecule has 19 heavy (non-hydrogen) atoms. The van der Waals surface area contributed by atoms with Crippen LogP contribution in [0.3, 0.4) is 0 Å². The van der Waals surface area contributed by atoms with Crippen LogP contribution in [0.5, 0.6) is 0 Å². The van der Waals surface area contributed by atoms with Crippen molar-refractivity contribution < 1.29 is 9.90 Å². The Bertz CT molecular complexity index is 571. The van der Waals surface area contributed by atoms with Gasteiger partial charge in [-0.3, -0.25) is 4.79 Å². The molecule has 1 aliphatic heterocycles. The lowest BCUT2D eigenvalue weighted by Crippen LogP contribution is -2.48. The maximum atomic E-state index is 10.6. The molecule has 0 unspecified atom stereocenters. The Balaban J connectivity index is 1.79. The number of anilines is 1. The van der Waals surface area contributed by atoms with Crippen molar-refractivity contribution in [2.75, 3.05) is 18.0 Å². The second-order valence-electron chi connectivity index (χ2n) is 5.30. The van der Waals surface area contributed by atoms with Crippen molar-refractivity contribution in [2.45, 2.75) is 25.7 Å². The molecule has 5 nitrogen and oxygen atoms in total. The maximum Gasteiger partial charge on any atom is 0.303 e. The van der Waals surface area contributed by atoms with Crippen LogP contribution in [0.1, 0.15) is 29.7 Å². The minimum atomic E-state index is -0.757. The van der Waals surface area contributed by atoms with Crippen LogP contribution in [-0.2, 0) is 17.6 Å². The van der Waals surface area contributed by atoms with Gasteiger partial charge in [-0.05, 0) is 30.9 Å². The van der Waals surface area contributed by atoms with Gasteiger partial charge in [-0.2, -0.15) is 5.26 Å². The molecule has 1 aliphatic carbocycles. The summed E-state index contributed by atoms with van der Waals surface area (Å²) < 4.78 is 0. The fourth-order valence-electron chi connectivity index (χ4n) is 2.90. The molecule has 0 amide bonds. The van der Waals surface area contributed by atoms with Gasteiger partial charge in [0.2, 0.25) is 0 Å². The van der Waals surface area contributed by atoms with Gasteiger partial charge in [-0.15, -0.1) is 0 Å². The van der Waals surface area contributed by atoms with Crippen LogP contribution in [0.15, 0.2) is 6.07 Å². The van der Waals surface area contributed by atoms with Crippen LogP contribution in [-0.4, -0.2) is 29.1 Å². The van der Waals surface area contributed by atoms with Crippen LogP contribution in [0.2, 0.25) is 0 Å². The molecule has 1 aromatic heterocycles. The summed E-state index contributed by atoms with van der Waals surface area (Å²) in [6.07, 6.45) is 3.31. The van der Waals surface area contributed by atoms with Crippen LogP contribution < -0.4 is 4.90 Å². The maximum absolute atomic E-state index is 10.6. The predicted octanol–water partition coefficient (Wildman–Crippen LogP) is 1.35. The summed E-state index contributed by atoms with van der Waals surface area (Å²) in [4.78, 5) is 17.3. The topological polar surface area (TPSA) is 77.2 Å². The van der Waals surface area contributed by atoms with Crippen molar-refractivity contribution in [2.24, 2.45) is 5.92 Å². The van der Waals surface area contributed by atoms with E-state index in [1.54, 1.807) is 0 Å². The van der Waals surface area contributed by atoms with Gasteiger partial charge in [0.15, 0.2) is 0 Å². The number of carboxylic acids is 1. The number of nitrogens with zero attached hydrogens (tertiary/aromatic N) is 3. The number of pyridine rings is 1. The largest absolute Gasteiger partial charge is 0.481 e. The molecule has 5 heteroatoms. The third-order valence-electron chi connectivity index (χ3n) is 3.87.